The van der Waals surface area contributed by atoms with E-state index in [1.54, 1.807) is 25.1 Å². The van der Waals surface area contributed by atoms with E-state index in [4.69, 9.17) is 9.47 Å². The number of amides is 3. The molecule has 3 amide bonds. The monoisotopic (exact) mass is 542 g/mol. The lowest BCUT2D eigenvalue weighted by Gasteiger charge is -2.11. The summed E-state index contributed by atoms with van der Waals surface area (Å²) in [6.07, 6.45) is 1.57. The summed E-state index contributed by atoms with van der Waals surface area (Å²) in [5.41, 5.74) is 0.913. The standard InChI is InChI=1S/C14H12I2N2O5/c1-2-22-11(19)6-23-12-8(15)3-7(4-9(12)16)5-10-13(20)18-14(21)17-10/h3-5H,2,6H2,1H3,(H2,17,18,20,21)/b10-5+. The molecule has 1 fully saturated rings. The molecule has 0 unspecified atom stereocenters. The summed E-state index contributed by atoms with van der Waals surface area (Å²) in [6, 6.07) is 3.03. The highest BCUT2D eigenvalue weighted by Gasteiger charge is 2.23. The second-order valence-electron chi connectivity index (χ2n) is 4.37. The zero-order valence-electron chi connectivity index (χ0n) is 11.9. The molecule has 1 aliphatic rings. The van der Waals surface area contributed by atoms with Gasteiger partial charge in [0.25, 0.3) is 5.91 Å². The molecule has 1 aromatic rings. The number of hydrogen-bond acceptors (Lipinski definition) is 5. The van der Waals surface area contributed by atoms with Crippen molar-refractivity contribution in [3.05, 3.63) is 30.5 Å². The second-order valence-corrected chi connectivity index (χ2v) is 6.70. The summed E-state index contributed by atoms with van der Waals surface area (Å²) < 4.78 is 11.8. The topological polar surface area (TPSA) is 93.7 Å². The predicted octanol–water partition coefficient (Wildman–Crippen LogP) is 2.02. The third kappa shape index (κ3) is 4.80. The first kappa shape index (κ1) is 18.0. The van der Waals surface area contributed by atoms with Crippen LogP contribution in [0.3, 0.4) is 0 Å². The molecule has 0 aliphatic carbocycles. The SMILES string of the molecule is CCOC(=O)COc1c(I)cc(/C=C2/NC(=O)NC2=O)cc1I. The number of urea groups is 1. The van der Waals surface area contributed by atoms with Gasteiger partial charge in [-0.05, 0) is 75.9 Å². The van der Waals surface area contributed by atoms with Gasteiger partial charge in [-0.25, -0.2) is 9.59 Å². The van der Waals surface area contributed by atoms with Crippen LogP contribution in [0.25, 0.3) is 6.08 Å². The molecule has 2 rings (SSSR count). The fourth-order valence-electron chi connectivity index (χ4n) is 1.78. The number of ether oxygens (including phenoxy) is 2. The highest BCUT2D eigenvalue weighted by atomic mass is 127. The van der Waals surface area contributed by atoms with E-state index in [1.807, 2.05) is 0 Å². The number of rotatable bonds is 5. The van der Waals surface area contributed by atoms with Crippen LogP contribution >= 0.6 is 45.2 Å². The van der Waals surface area contributed by atoms with Crippen LogP contribution in [0.4, 0.5) is 4.79 Å². The number of carbonyl (C=O) groups is 3. The van der Waals surface area contributed by atoms with Crippen molar-refractivity contribution in [1.82, 2.24) is 10.6 Å². The van der Waals surface area contributed by atoms with Gasteiger partial charge in [0, 0.05) is 0 Å². The zero-order chi connectivity index (χ0) is 17.0. The lowest BCUT2D eigenvalue weighted by atomic mass is 10.2. The maximum atomic E-state index is 11.5. The summed E-state index contributed by atoms with van der Waals surface area (Å²) in [7, 11) is 0. The molecule has 0 atom stereocenters. The van der Waals surface area contributed by atoms with Crippen LogP contribution in [0.1, 0.15) is 12.5 Å². The van der Waals surface area contributed by atoms with Crippen molar-refractivity contribution < 1.29 is 23.9 Å². The molecular formula is C14H12I2N2O5. The number of nitrogens with one attached hydrogen (secondary N) is 2. The first-order valence-corrected chi connectivity index (χ1v) is 8.68. The Morgan fingerprint density at radius 2 is 1.87 bits per heavy atom. The third-order valence-corrected chi connectivity index (χ3v) is 4.29. The Balaban J connectivity index is 2.17. The van der Waals surface area contributed by atoms with E-state index >= 15 is 0 Å². The molecule has 0 saturated carbocycles. The number of halogens is 2. The molecule has 0 aromatic heterocycles. The van der Waals surface area contributed by atoms with Crippen LogP contribution in [-0.2, 0) is 14.3 Å². The first-order chi connectivity index (χ1) is 10.9. The molecule has 2 N–H and O–H groups in total. The van der Waals surface area contributed by atoms with Crippen molar-refractivity contribution in [2.24, 2.45) is 0 Å². The Bertz CT molecular complexity index is 679. The van der Waals surface area contributed by atoms with Crippen molar-refractivity contribution in [3.63, 3.8) is 0 Å². The number of esters is 1. The molecule has 1 saturated heterocycles. The van der Waals surface area contributed by atoms with Gasteiger partial charge in [-0.1, -0.05) is 0 Å². The number of carbonyl (C=O) groups excluding carboxylic acids is 3. The Labute approximate surface area is 159 Å². The molecule has 0 bridgehead atoms. The fourth-order valence-corrected chi connectivity index (χ4v) is 3.91. The zero-order valence-corrected chi connectivity index (χ0v) is 16.3. The van der Waals surface area contributed by atoms with Crippen LogP contribution in [0, 0.1) is 7.14 Å². The summed E-state index contributed by atoms with van der Waals surface area (Å²) in [5.74, 6) is -0.334. The number of benzene rings is 1. The van der Waals surface area contributed by atoms with Gasteiger partial charge in [-0.15, -0.1) is 0 Å². The molecular weight excluding hydrogens is 530 g/mol. The Morgan fingerprint density at radius 3 is 2.39 bits per heavy atom. The van der Waals surface area contributed by atoms with Gasteiger partial charge in [-0.3, -0.25) is 10.1 Å². The maximum absolute atomic E-state index is 11.5. The van der Waals surface area contributed by atoms with Crippen LogP contribution in [0.2, 0.25) is 0 Å². The van der Waals surface area contributed by atoms with Crippen LogP contribution in [0.5, 0.6) is 5.75 Å². The Morgan fingerprint density at radius 1 is 1.22 bits per heavy atom. The van der Waals surface area contributed by atoms with E-state index in [9.17, 15) is 14.4 Å². The smallest absolute Gasteiger partial charge is 0.344 e. The van der Waals surface area contributed by atoms with Crippen molar-refractivity contribution in [1.29, 1.82) is 0 Å². The number of hydrogen-bond donors (Lipinski definition) is 2. The summed E-state index contributed by atoms with van der Waals surface area (Å²) >= 11 is 4.15. The summed E-state index contributed by atoms with van der Waals surface area (Å²) in [5, 5.41) is 4.56. The van der Waals surface area contributed by atoms with Gasteiger partial charge in [0.05, 0.1) is 13.7 Å². The van der Waals surface area contributed by atoms with Gasteiger partial charge in [0.1, 0.15) is 11.4 Å². The lowest BCUT2D eigenvalue weighted by molar-refractivity contribution is -0.145. The predicted molar refractivity (Wildman–Crippen MR) is 98.7 cm³/mol. The molecule has 1 heterocycles. The van der Waals surface area contributed by atoms with Crippen molar-refractivity contribution in [2.45, 2.75) is 6.92 Å². The normalized spacial score (nSPS) is 15.3. The molecule has 0 spiro atoms. The van der Waals surface area contributed by atoms with E-state index in [0.717, 1.165) is 12.7 Å². The molecule has 1 aromatic carbocycles. The highest BCUT2D eigenvalue weighted by Crippen LogP contribution is 2.29. The van der Waals surface area contributed by atoms with E-state index in [2.05, 4.69) is 55.8 Å². The van der Waals surface area contributed by atoms with Gasteiger partial charge in [0.2, 0.25) is 0 Å². The van der Waals surface area contributed by atoms with E-state index in [-0.39, 0.29) is 12.3 Å². The molecule has 0 radical (unpaired) electrons. The van der Waals surface area contributed by atoms with Gasteiger partial charge < -0.3 is 14.8 Å². The minimum atomic E-state index is -0.542. The van der Waals surface area contributed by atoms with E-state index in [1.165, 1.54) is 0 Å². The molecule has 23 heavy (non-hydrogen) atoms. The Kier molecular flexibility index (Phi) is 6.21. The van der Waals surface area contributed by atoms with Crippen LogP contribution in [0.15, 0.2) is 17.8 Å². The van der Waals surface area contributed by atoms with Crippen molar-refractivity contribution in [3.8, 4) is 5.75 Å². The van der Waals surface area contributed by atoms with E-state index in [0.29, 0.717) is 12.4 Å². The fraction of sp³-hybridized carbons (Fsp3) is 0.214. The molecule has 122 valence electrons. The maximum Gasteiger partial charge on any atom is 0.344 e. The second kappa shape index (κ2) is 7.95. The minimum absolute atomic E-state index is 0.168. The van der Waals surface area contributed by atoms with Crippen LogP contribution < -0.4 is 15.4 Å². The van der Waals surface area contributed by atoms with E-state index < -0.39 is 17.9 Å². The van der Waals surface area contributed by atoms with Gasteiger partial charge >= 0.3 is 12.0 Å². The Hall–Kier alpha value is -1.37. The van der Waals surface area contributed by atoms with Crippen molar-refractivity contribution in [2.75, 3.05) is 13.2 Å². The third-order valence-electron chi connectivity index (χ3n) is 2.69. The first-order valence-electron chi connectivity index (χ1n) is 6.52. The molecule has 7 nitrogen and oxygen atoms in total. The lowest BCUT2D eigenvalue weighted by Crippen LogP contribution is -2.22. The van der Waals surface area contributed by atoms with Gasteiger partial charge in [-0.2, -0.15) is 0 Å². The quantitative estimate of drug-likeness (QED) is 0.257. The summed E-state index contributed by atoms with van der Waals surface area (Å²) in [4.78, 5) is 34.0. The number of imide groups is 1. The average molecular weight is 542 g/mol. The summed E-state index contributed by atoms with van der Waals surface area (Å²) in [6.45, 7) is 1.86. The molecule has 9 heteroatoms. The van der Waals surface area contributed by atoms with Gasteiger partial charge in [0.15, 0.2) is 6.61 Å². The largest absolute Gasteiger partial charge is 0.480 e. The van der Waals surface area contributed by atoms with Crippen LogP contribution in [-0.4, -0.2) is 31.1 Å². The minimum Gasteiger partial charge on any atom is -0.480 e. The van der Waals surface area contributed by atoms with Crippen molar-refractivity contribution >= 4 is 69.2 Å². The molecule has 1 aliphatic heterocycles. The average Bonchev–Trinajstić information content (AvgIpc) is 2.76. The highest BCUT2D eigenvalue weighted by molar-refractivity contribution is 14.1.